The summed E-state index contributed by atoms with van der Waals surface area (Å²) in [5, 5.41) is 14.3. The van der Waals surface area contributed by atoms with E-state index in [1.54, 1.807) is 0 Å². The molecule has 4 aromatic rings. The lowest BCUT2D eigenvalue weighted by atomic mass is 9.98. The van der Waals surface area contributed by atoms with E-state index in [0.717, 1.165) is 35.2 Å². The Morgan fingerprint density at radius 2 is 1.60 bits per heavy atom. The minimum atomic E-state index is 0.0405. The highest BCUT2D eigenvalue weighted by molar-refractivity contribution is 5.95. The second-order valence-electron chi connectivity index (χ2n) is 7.07. The first-order valence-electron chi connectivity index (χ1n) is 10.0. The van der Waals surface area contributed by atoms with Crippen LogP contribution in [0.1, 0.15) is 29.3 Å². The lowest BCUT2D eigenvalue weighted by Crippen LogP contribution is -2.31. The molecule has 0 bridgehead atoms. The van der Waals surface area contributed by atoms with Crippen LogP contribution in [0.5, 0.6) is 0 Å². The lowest BCUT2D eigenvalue weighted by molar-refractivity contribution is 0.0743. The highest BCUT2D eigenvalue weighted by Crippen LogP contribution is 2.29. The second-order valence-corrected chi connectivity index (χ2v) is 7.07. The molecular weight excluding hydrogens is 374 g/mol. The second kappa shape index (κ2) is 9.13. The molecule has 1 N–H and O–H groups in total. The minimum Gasteiger partial charge on any atom is -0.334 e. The highest BCUT2D eigenvalue weighted by atomic mass is 16.2. The first-order chi connectivity index (χ1) is 14.8. The lowest BCUT2D eigenvalue weighted by Gasteiger charge is -2.22. The van der Waals surface area contributed by atoms with Crippen molar-refractivity contribution in [3.8, 4) is 22.5 Å². The first-order valence-corrected chi connectivity index (χ1v) is 10.0. The molecule has 0 aliphatic carbocycles. The van der Waals surface area contributed by atoms with Crippen molar-refractivity contribution < 1.29 is 4.79 Å². The Balaban J connectivity index is 1.58. The molecular formula is C24H23N5O. The fraction of sp³-hybridized carbons (Fsp3) is 0.167. The van der Waals surface area contributed by atoms with Crippen molar-refractivity contribution in [2.45, 2.75) is 19.9 Å². The van der Waals surface area contributed by atoms with Gasteiger partial charge in [-0.3, -0.25) is 4.79 Å². The van der Waals surface area contributed by atoms with Crippen LogP contribution in [0.4, 0.5) is 0 Å². The largest absolute Gasteiger partial charge is 0.334 e. The topological polar surface area (TPSA) is 74.8 Å². The summed E-state index contributed by atoms with van der Waals surface area (Å²) >= 11 is 0. The maximum Gasteiger partial charge on any atom is 0.254 e. The van der Waals surface area contributed by atoms with Crippen LogP contribution in [0.25, 0.3) is 22.5 Å². The van der Waals surface area contributed by atoms with Crippen molar-refractivity contribution in [1.82, 2.24) is 25.5 Å². The Labute approximate surface area is 175 Å². The maximum atomic E-state index is 13.1. The minimum absolute atomic E-state index is 0.0405. The molecule has 0 saturated heterocycles. The average molecular weight is 397 g/mol. The van der Waals surface area contributed by atoms with Gasteiger partial charge in [0.25, 0.3) is 5.91 Å². The molecule has 150 valence electrons. The average Bonchev–Trinajstić information content (AvgIpc) is 3.34. The summed E-state index contributed by atoms with van der Waals surface area (Å²) in [7, 11) is 0. The number of tetrazole rings is 1. The fourth-order valence-electron chi connectivity index (χ4n) is 3.51. The summed E-state index contributed by atoms with van der Waals surface area (Å²) in [4.78, 5) is 15.0. The van der Waals surface area contributed by atoms with Gasteiger partial charge in [-0.25, -0.2) is 0 Å². The van der Waals surface area contributed by atoms with Gasteiger partial charge in [-0.2, -0.15) is 5.21 Å². The standard InChI is InChI=1S/C24H23N5O/c1-2-16-29(17-18-8-4-3-5-9-18)24(30)20-14-12-19(13-15-20)21-10-6-7-11-22(21)23-25-27-28-26-23/h3-15H,2,16-17H2,1H3,(H,25,26,27,28). The molecule has 1 amide bonds. The summed E-state index contributed by atoms with van der Waals surface area (Å²) in [6.07, 6.45) is 0.911. The van der Waals surface area contributed by atoms with E-state index in [2.05, 4.69) is 27.5 Å². The number of nitrogens with zero attached hydrogens (tertiary/aromatic N) is 4. The Kier molecular flexibility index (Phi) is 5.94. The van der Waals surface area contributed by atoms with Gasteiger partial charge in [0.15, 0.2) is 0 Å². The highest BCUT2D eigenvalue weighted by Gasteiger charge is 2.16. The smallest absolute Gasteiger partial charge is 0.254 e. The number of nitrogens with one attached hydrogen (secondary N) is 1. The Morgan fingerprint density at radius 1 is 0.900 bits per heavy atom. The number of aromatic amines is 1. The van der Waals surface area contributed by atoms with Crippen molar-refractivity contribution in [2.75, 3.05) is 6.54 Å². The number of rotatable bonds is 7. The van der Waals surface area contributed by atoms with Crippen molar-refractivity contribution >= 4 is 5.91 Å². The van der Waals surface area contributed by atoms with Crippen LogP contribution in [-0.2, 0) is 6.54 Å². The maximum absolute atomic E-state index is 13.1. The molecule has 1 heterocycles. The molecule has 0 radical (unpaired) electrons. The number of hydrogen-bond acceptors (Lipinski definition) is 4. The van der Waals surface area contributed by atoms with E-state index in [1.165, 1.54) is 0 Å². The monoisotopic (exact) mass is 397 g/mol. The zero-order valence-corrected chi connectivity index (χ0v) is 16.8. The molecule has 1 aromatic heterocycles. The molecule has 6 heteroatoms. The molecule has 0 aliphatic heterocycles. The van der Waals surface area contributed by atoms with Gasteiger partial charge in [-0.15, -0.1) is 10.2 Å². The van der Waals surface area contributed by atoms with Gasteiger partial charge in [-0.05, 0) is 40.5 Å². The molecule has 0 unspecified atom stereocenters. The third kappa shape index (κ3) is 4.27. The van der Waals surface area contributed by atoms with E-state index in [4.69, 9.17) is 0 Å². The first kappa shape index (κ1) is 19.5. The predicted octanol–water partition coefficient (Wildman–Crippen LogP) is 4.59. The molecule has 0 atom stereocenters. The molecule has 0 aliphatic rings. The zero-order valence-electron chi connectivity index (χ0n) is 16.8. The van der Waals surface area contributed by atoms with Crippen LogP contribution >= 0.6 is 0 Å². The quantitative estimate of drug-likeness (QED) is 0.495. The number of benzene rings is 3. The van der Waals surface area contributed by atoms with Gasteiger partial charge in [0.05, 0.1) is 0 Å². The Bertz CT molecular complexity index is 1090. The van der Waals surface area contributed by atoms with E-state index in [0.29, 0.717) is 17.9 Å². The Morgan fingerprint density at radius 3 is 2.27 bits per heavy atom. The van der Waals surface area contributed by atoms with Gasteiger partial charge in [-0.1, -0.05) is 73.7 Å². The number of amides is 1. The fourth-order valence-corrected chi connectivity index (χ4v) is 3.51. The van der Waals surface area contributed by atoms with Crippen LogP contribution in [-0.4, -0.2) is 38.0 Å². The zero-order chi connectivity index (χ0) is 20.8. The molecule has 6 nitrogen and oxygen atoms in total. The van der Waals surface area contributed by atoms with Gasteiger partial charge in [0.1, 0.15) is 0 Å². The van der Waals surface area contributed by atoms with Crippen molar-refractivity contribution in [1.29, 1.82) is 0 Å². The van der Waals surface area contributed by atoms with E-state index in [1.807, 2.05) is 83.8 Å². The van der Waals surface area contributed by atoms with Crippen LogP contribution in [0, 0.1) is 0 Å². The number of carbonyl (C=O) groups is 1. The van der Waals surface area contributed by atoms with Gasteiger partial charge >= 0.3 is 0 Å². The summed E-state index contributed by atoms with van der Waals surface area (Å²) in [6, 6.07) is 25.7. The summed E-state index contributed by atoms with van der Waals surface area (Å²) in [6.45, 7) is 3.41. The van der Waals surface area contributed by atoms with Crippen LogP contribution < -0.4 is 0 Å². The van der Waals surface area contributed by atoms with E-state index >= 15 is 0 Å². The van der Waals surface area contributed by atoms with Gasteiger partial charge in [0, 0.05) is 24.2 Å². The molecule has 4 rings (SSSR count). The predicted molar refractivity (Wildman–Crippen MR) is 117 cm³/mol. The number of carbonyl (C=O) groups excluding carboxylic acids is 1. The molecule has 3 aromatic carbocycles. The van der Waals surface area contributed by atoms with Gasteiger partial charge in [0.2, 0.25) is 5.82 Å². The number of hydrogen-bond donors (Lipinski definition) is 1. The normalized spacial score (nSPS) is 10.7. The molecule has 0 spiro atoms. The summed E-state index contributed by atoms with van der Waals surface area (Å²) < 4.78 is 0. The van der Waals surface area contributed by atoms with Crippen LogP contribution in [0.3, 0.4) is 0 Å². The molecule has 0 fully saturated rings. The van der Waals surface area contributed by atoms with Crippen LogP contribution in [0.15, 0.2) is 78.9 Å². The van der Waals surface area contributed by atoms with Crippen molar-refractivity contribution in [3.05, 3.63) is 90.0 Å². The van der Waals surface area contributed by atoms with Gasteiger partial charge < -0.3 is 4.90 Å². The molecule has 30 heavy (non-hydrogen) atoms. The Hall–Kier alpha value is -3.80. The van der Waals surface area contributed by atoms with Crippen molar-refractivity contribution in [3.63, 3.8) is 0 Å². The number of H-pyrrole nitrogens is 1. The summed E-state index contributed by atoms with van der Waals surface area (Å²) in [5.41, 5.74) is 4.69. The number of aromatic nitrogens is 4. The molecule has 0 saturated carbocycles. The summed E-state index contributed by atoms with van der Waals surface area (Å²) in [5.74, 6) is 0.585. The third-order valence-corrected chi connectivity index (χ3v) is 4.95. The SMILES string of the molecule is CCCN(Cc1ccccc1)C(=O)c1ccc(-c2ccccc2-c2nn[nH]n2)cc1. The van der Waals surface area contributed by atoms with Crippen molar-refractivity contribution in [2.24, 2.45) is 0 Å². The van der Waals surface area contributed by atoms with E-state index < -0.39 is 0 Å². The van der Waals surface area contributed by atoms with E-state index in [-0.39, 0.29) is 5.91 Å². The van der Waals surface area contributed by atoms with Crippen LogP contribution in [0.2, 0.25) is 0 Å². The third-order valence-electron chi connectivity index (χ3n) is 4.95. The van der Waals surface area contributed by atoms with E-state index in [9.17, 15) is 4.79 Å².